The van der Waals surface area contributed by atoms with Gasteiger partial charge in [0.25, 0.3) is 0 Å². The van der Waals surface area contributed by atoms with Gasteiger partial charge in [0.1, 0.15) is 11.8 Å². The lowest BCUT2D eigenvalue weighted by Crippen LogP contribution is -2.16. The normalized spacial score (nSPS) is 12.5. The number of phenolic OH excluding ortho intramolecular Hbond substituents is 1. The SMILES string of the molecule is Cc1cc([C@@H](N)C(=O)Cl)ccc1O. The lowest BCUT2D eigenvalue weighted by molar-refractivity contribution is -0.112. The number of hydrogen-bond donors (Lipinski definition) is 2. The van der Waals surface area contributed by atoms with Crippen molar-refractivity contribution in [2.75, 3.05) is 0 Å². The highest BCUT2D eigenvalue weighted by Gasteiger charge is 2.13. The summed E-state index contributed by atoms with van der Waals surface area (Å²) in [5.74, 6) is 0.179. The standard InChI is InChI=1S/C9H10ClNO2/c1-5-4-6(2-3-7(5)12)8(11)9(10)13/h2-4,8,12H,11H2,1H3/t8-/m1/s1. The third-order valence-electron chi connectivity index (χ3n) is 1.82. The van der Waals surface area contributed by atoms with Gasteiger partial charge in [0.15, 0.2) is 0 Å². The molecule has 1 aromatic carbocycles. The van der Waals surface area contributed by atoms with Gasteiger partial charge in [-0.3, -0.25) is 4.79 Å². The van der Waals surface area contributed by atoms with Gasteiger partial charge in [-0.05, 0) is 35.7 Å². The Morgan fingerprint density at radius 1 is 1.62 bits per heavy atom. The monoisotopic (exact) mass is 199 g/mol. The van der Waals surface area contributed by atoms with E-state index in [1.165, 1.54) is 6.07 Å². The van der Waals surface area contributed by atoms with Gasteiger partial charge >= 0.3 is 0 Å². The van der Waals surface area contributed by atoms with Gasteiger partial charge in [0, 0.05) is 0 Å². The number of phenols is 1. The van der Waals surface area contributed by atoms with Gasteiger partial charge in [-0.25, -0.2) is 0 Å². The van der Waals surface area contributed by atoms with Gasteiger partial charge in [-0.1, -0.05) is 12.1 Å². The molecule has 0 aromatic heterocycles. The summed E-state index contributed by atoms with van der Waals surface area (Å²) < 4.78 is 0. The van der Waals surface area contributed by atoms with E-state index in [-0.39, 0.29) is 5.75 Å². The summed E-state index contributed by atoms with van der Waals surface area (Å²) in [4.78, 5) is 10.7. The minimum Gasteiger partial charge on any atom is -0.508 e. The topological polar surface area (TPSA) is 63.3 Å². The lowest BCUT2D eigenvalue weighted by atomic mass is 10.1. The molecule has 4 heteroatoms. The van der Waals surface area contributed by atoms with Crippen LogP contribution >= 0.6 is 11.6 Å². The van der Waals surface area contributed by atoms with Crippen LogP contribution in [0.15, 0.2) is 18.2 Å². The van der Waals surface area contributed by atoms with Crippen molar-refractivity contribution in [3.05, 3.63) is 29.3 Å². The summed E-state index contributed by atoms with van der Waals surface area (Å²) in [6.07, 6.45) is 0. The molecule has 0 fully saturated rings. The number of carbonyl (C=O) groups excluding carboxylic acids is 1. The van der Waals surface area contributed by atoms with E-state index in [4.69, 9.17) is 17.3 Å². The number of aromatic hydroxyl groups is 1. The number of benzene rings is 1. The highest BCUT2D eigenvalue weighted by Crippen LogP contribution is 2.21. The first-order valence-corrected chi connectivity index (χ1v) is 4.14. The molecule has 3 N–H and O–H groups in total. The Kier molecular flexibility index (Phi) is 2.90. The average molecular weight is 200 g/mol. The van der Waals surface area contributed by atoms with Crippen LogP contribution in [0.2, 0.25) is 0 Å². The van der Waals surface area contributed by atoms with Crippen LogP contribution in [0.5, 0.6) is 5.75 Å². The molecule has 0 aliphatic rings. The molecule has 0 bridgehead atoms. The second kappa shape index (κ2) is 3.77. The molecule has 0 saturated heterocycles. The number of aryl methyl sites for hydroxylation is 1. The molecule has 0 aliphatic carbocycles. The molecule has 0 saturated carbocycles. The number of nitrogens with two attached hydrogens (primary N) is 1. The minimum atomic E-state index is -0.819. The van der Waals surface area contributed by atoms with Crippen LogP contribution in [0.4, 0.5) is 0 Å². The van der Waals surface area contributed by atoms with Gasteiger partial charge < -0.3 is 10.8 Å². The predicted molar refractivity (Wildman–Crippen MR) is 50.6 cm³/mol. The third kappa shape index (κ3) is 2.20. The van der Waals surface area contributed by atoms with E-state index in [9.17, 15) is 9.90 Å². The summed E-state index contributed by atoms with van der Waals surface area (Å²) in [5.41, 5.74) is 6.77. The summed E-state index contributed by atoms with van der Waals surface area (Å²) in [5, 5.41) is 8.60. The van der Waals surface area contributed by atoms with Crippen molar-refractivity contribution in [2.24, 2.45) is 5.73 Å². The number of carbonyl (C=O) groups is 1. The smallest absolute Gasteiger partial charge is 0.242 e. The van der Waals surface area contributed by atoms with Crippen molar-refractivity contribution < 1.29 is 9.90 Å². The van der Waals surface area contributed by atoms with Crippen molar-refractivity contribution in [3.8, 4) is 5.75 Å². The molecular formula is C9H10ClNO2. The van der Waals surface area contributed by atoms with Gasteiger partial charge in [-0.15, -0.1) is 0 Å². The predicted octanol–water partition coefficient (Wildman–Crippen LogP) is 1.47. The maximum atomic E-state index is 10.7. The molecule has 0 unspecified atom stereocenters. The molecule has 13 heavy (non-hydrogen) atoms. The second-order valence-electron chi connectivity index (χ2n) is 2.83. The van der Waals surface area contributed by atoms with E-state index in [0.717, 1.165) is 0 Å². The van der Waals surface area contributed by atoms with E-state index >= 15 is 0 Å². The quantitative estimate of drug-likeness (QED) is 0.709. The zero-order valence-corrected chi connectivity index (χ0v) is 7.88. The first-order chi connectivity index (χ1) is 6.02. The van der Waals surface area contributed by atoms with Crippen LogP contribution in [-0.2, 0) is 4.79 Å². The molecular weight excluding hydrogens is 190 g/mol. The van der Waals surface area contributed by atoms with Crippen molar-refractivity contribution in [1.82, 2.24) is 0 Å². The first-order valence-electron chi connectivity index (χ1n) is 3.77. The van der Waals surface area contributed by atoms with Crippen LogP contribution in [-0.4, -0.2) is 10.3 Å². The fourth-order valence-corrected chi connectivity index (χ4v) is 1.13. The summed E-state index contributed by atoms with van der Waals surface area (Å²) in [6.45, 7) is 1.73. The molecule has 0 amide bonds. The molecule has 0 spiro atoms. The third-order valence-corrected chi connectivity index (χ3v) is 2.06. The Morgan fingerprint density at radius 2 is 2.23 bits per heavy atom. The molecule has 1 aromatic rings. The second-order valence-corrected chi connectivity index (χ2v) is 3.20. The highest BCUT2D eigenvalue weighted by molar-refractivity contribution is 6.64. The van der Waals surface area contributed by atoms with Crippen molar-refractivity contribution in [2.45, 2.75) is 13.0 Å². The minimum absolute atomic E-state index is 0.179. The Balaban J connectivity index is 3.03. The van der Waals surface area contributed by atoms with E-state index in [2.05, 4.69) is 0 Å². The Labute approximate surface area is 81.1 Å². The molecule has 0 aliphatic heterocycles. The van der Waals surface area contributed by atoms with Crippen LogP contribution in [0.25, 0.3) is 0 Å². The van der Waals surface area contributed by atoms with Gasteiger partial charge in [-0.2, -0.15) is 0 Å². The largest absolute Gasteiger partial charge is 0.508 e. The summed E-state index contributed by atoms with van der Waals surface area (Å²) >= 11 is 5.23. The number of hydrogen-bond acceptors (Lipinski definition) is 3. The van der Waals surface area contributed by atoms with Gasteiger partial charge in [0.05, 0.1) is 0 Å². The molecule has 1 rings (SSSR count). The maximum absolute atomic E-state index is 10.7. The van der Waals surface area contributed by atoms with Gasteiger partial charge in [0.2, 0.25) is 5.24 Å². The molecule has 3 nitrogen and oxygen atoms in total. The fourth-order valence-electron chi connectivity index (χ4n) is 1.00. The molecule has 0 radical (unpaired) electrons. The van der Waals surface area contributed by atoms with Crippen LogP contribution < -0.4 is 5.73 Å². The van der Waals surface area contributed by atoms with Crippen molar-refractivity contribution in [1.29, 1.82) is 0 Å². The summed E-state index contributed by atoms with van der Waals surface area (Å²) in [7, 11) is 0. The van der Waals surface area contributed by atoms with Crippen LogP contribution in [0, 0.1) is 6.92 Å². The average Bonchev–Trinajstić information content (AvgIpc) is 2.08. The molecule has 70 valence electrons. The lowest BCUT2D eigenvalue weighted by Gasteiger charge is -2.08. The van der Waals surface area contributed by atoms with Crippen molar-refractivity contribution >= 4 is 16.8 Å². The van der Waals surface area contributed by atoms with Crippen molar-refractivity contribution in [3.63, 3.8) is 0 Å². The molecule has 0 heterocycles. The first kappa shape index (κ1) is 10.0. The van der Waals surface area contributed by atoms with Crippen LogP contribution in [0.1, 0.15) is 17.2 Å². The highest BCUT2D eigenvalue weighted by atomic mass is 35.5. The Hall–Kier alpha value is -1.06. The Bertz CT molecular complexity index is 338. The van der Waals surface area contributed by atoms with E-state index in [1.807, 2.05) is 0 Å². The van der Waals surface area contributed by atoms with E-state index < -0.39 is 11.3 Å². The summed E-state index contributed by atoms with van der Waals surface area (Å²) in [6, 6.07) is 3.89. The zero-order chi connectivity index (χ0) is 10.0. The Morgan fingerprint density at radius 3 is 2.69 bits per heavy atom. The van der Waals surface area contributed by atoms with Crippen LogP contribution in [0.3, 0.4) is 0 Å². The van der Waals surface area contributed by atoms with E-state index in [0.29, 0.717) is 11.1 Å². The number of rotatable bonds is 2. The maximum Gasteiger partial charge on any atom is 0.242 e. The van der Waals surface area contributed by atoms with E-state index in [1.54, 1.807) is 19.1 Å². The zero-order valence-electron chi connectivity index (χ0n) is 7.12. The molecule has 1 atom stereocenters. The number of halogens is 1. The fraction of sp³-hybridized carbons (Fsp3) is 0.222.